The molecule has 0 aromatic heterocycles. The van der Waals surface area contributed by atoms with E-state index < -0.39 is 5.60 Å². The number of rotatable bonds is 6. The van der Waals surface area contributed by atoms with Gasteiger partial charge in [0.15, 0.2) is 5.60 Å². The lowest BCUT2D eigenvalue weighted by Crippen LogP contribution is -2.53. The molecule has 0 fully saturated rings. The van der Waals surface area contributed by atoms with E-state index in [1.54, 1.807) is 61.2 Å². The zero-order valence-corrected chi connectivity index (χ0v) is 18.6. The van der Waals surface area contributed by atoms with Crippen molar-refractivity contribution in [2.24, 2.45) is 0 Å². The summed E-state index contributed by atoms with van der Waals surface area (Å²) in [5.41, 5.74) is 0.191. The fourth-order valence-electron chi connectivity index (χ4n) is 3.43. The van der Waals surface area contributed by atoms with E-state index in [-0.39, 0.29) is 24.8 Å². The molecule has 1 heterocycles. The zero-order valence-electron chi connectivity index (χ0n) is 17.8. The van der Waals surface area contributed by atoms with Crippen LogP contribution in [0.1, 0.15) is 20.3 Å². The minimum Gasteiger partial charge on any atom is -0.476 e. The number of anilines is 2. The lowest BCUT2D eigenvalue weighted by molar-refractivity contribution is -0.132. The molecule has 0 aliphatic carbocycles. The predicted molar refractivity (Wildman–Crippen MR) is 125 cm³/mol. The van der Waals surface area contributed by atoms with E-state index in [0.717, 1.165) is 5.75 Å². The van der Waals surface area contributed by atoms with Gasteiger partial charge in [0, 0.05) is 23.7 Å². The van der Waals surface area contributed by atoms with Crippen molar-refractivity contribution >= 4 is 34.8 Å². The van der Waals surface area contributed by atoms with Crippen LogP contribution in [0.15, 0.2) is 72.8 Å². The monoisotopic (exact) mass is 450 g/mol. The van der Waals surface area contributed by atoms with Gasteiger partial charge in [-0.15, -0.1) is 0 Å². The van der Waals surface area contributed by atoms with E-state index >= 15 is 0 Å². The number of carbonyl (C=O) groups excluding carboxylic acids is 2. The quantitative estimate of drug-likeness (QED) is 0.525. The van der Waals surface area contributed by atoms with Crippen molar-refractivity contribution in [3.63, 3.8) is 0 Å². The fourth-order valence-corrected chi connectivity index (χ4v) is 3.60. The van der Waals surface area contributed by atoms with Crippen LogP contribution in [0.4, 0.5) is 11.4 Å². The van der Waals surface area contributed by atoms with Crippen LogP contribution in [0.5, 0.6) is 17.2 Å². The van der Waals surface area contributed by atoms with Gasteiger partial charge in [-0.1, -0.05) is 29.8 Å². The molecular formula is C25H23ClN2O4. The molecule has 4 rings (SSSR count). The molecule has 2 amide bonds. The maximum absolute atomic E-state index is 12.9. The Bertz CT molecular complexity index is 1130. The van der Waals surface area contributed by atoms with Gasteiger partial charge in [0.1, 0.15) is 17.2 Å². The third-order valence-corrected chi connectivity index (χ3v) is 5.25. The summed E-state index contributed by atoms with van der Waals surface area (Å²) in [6, 6.07) is 21.7. The van der Waals surface area contributed by atoms with E-state index in [4.69, 9.17) is 21.1 Å². The highest BCUT2D eigenvalue weighted by Crippen LogP contribution is 2.39. The first-order valence-electron chi connectivity index (χ1n) is 10.3. The van der Waals surface area contributed by atoms with Crippen LogP contribution in [0.3, 0.4) is 0 Å². The number of halogens is 1. The number of nitrogens with zero attached hydrogens (tertiary/aromatic N) is 1. The Morgan fingerprint density at radius 1 is 1.03 bits per heavy atom. The van der Waals surface area contributed by atoms with E-state index in [9.17, 15) is 9.59 Å². The SMILES string of the molecule is CC1(C)Oc2ccc(Cl)cc2N(CCC(=O)Nc2ccc(Oc3ccccc3)cc2)C1=O. The van der Waals surface area contributed by atoms with Crippen molar-refractivity contribution in [3.05, 3.63) is 77.8 Å². The number of benzene rings is 3. The summed E-state index contributed by atoms with van der Waals surface area (Å²) in [6.07, 6.45) is 0.121. The number of hydrogen-bond donors (Lipinski definition) is 1. The Morgan fingerprint density at radius 2 is 1.72 bits per heavy atom. The van der Waals surface area contributed by atoms with Crippen LogP contribution in [-0.2, 0) is 9.59 Å². The second-order valence-corrected chi connectivity index (χ2v) is 8.36. The van der Waals surface area contributed by atoms with Gasteiger partial charge in [0.25, 0.3) is 5.91 Å². The van der Waals surface area contributed by atoms with Gasteiger partial charge in [0.05, 0.1) is 5.69 Å². The van der Waals surface area contributed by atoms with E-state index in [0.29, 0.717) is 27.9 Å². The number of amides is 2. The van der Waals surface area contributed by atoms with Crippen LogP contribution >= 0.6 is 11.6 Å². The number of ether oxygens (including phenoxy) is 2. The van der Waals surface area contributed by atoms with E-state index in [2.05, 4.69) is 5.32 Å². The third kappa shape index (κ3) is 4.86. The van der Waals surface area contributed by atoms with Crippen molar-refractivity contribution in [3.8, 4) is 17.2 Å². The second kappa shape index (κ2) is 8.93. The average molecular weight is 451 g/mol. The summed E-state index contributed by atoms with van der Waals surface area (Å²) in [4.78, 5) is 27.0. The van der Waals surface area contributed by atoms with Gasteiger partial charge in [0.2, 0.25) is 5.91 Å². The molecule has 1 N–H and O–H groups in total. The summed E-state index contributed by atoms with van der Waals surface area (Å²) >= 11 is 6.11. The van der Waals surface area contributed by atoms with Gasteiger partial charge in [-0.2, -0.15) is 0 Å². The molecule has 32 heavy (non-hydrogen) atoms. The lowest BCUT2D eigenvalue weighted by atomic mass is 10.0. The first-order chi connectivity index (χ1) is 15.3. The van der Waals surface area contributed by atoms with Crippen LogP contribution in [0, 0.1) is 0 Å². The van der Waals surface area contributed by atoms with Gasteiger partial charge < -0.3 is 19.7 Å². The number of hydrogen-bond acceptors (Lipinski definition) is 4. The first-order valence-corrected chi connectivity index (χ1v) is 10.6. The fraction of sp³-hybridized carbons (Fsp3) is 0.200. The molecule has 0 spiro atoms. The molecule has 164 valence electrons. The highest BCUT2D eigenvalue weighted by atomic mass is 35.5. The Morgan fingerprint density at radius 3 is 2.44 bits per heavy atom. The molecule has 1 aliphatic heterocycles. The molecule has 0 bridgehead atoms. The number of carbonyl (C=O) groups is 2. The zero-order chi connectivity index (χ0) is 22.7. The summed E-state index contributed by atoms with van der Waals surface area (Å²) in [5, 5.41) is 3.35. The van der Waals surface area contributed by atoms with Crippen LogP contribution in [0.2, 0.25) is 5.02 Å². The largest absolute Gasteiger partial charge is 0.476 e. The minimum atomic E-state index is -1.02. The maximum atomic E-state index is 12.9. The molecule has 3 aromatic rings. The van der Waals surface area contributed by atoms with Crippen molar-refractivity contribution < 1.29 is 19.1 Å². The molecule has 0 atom stereocenters. The van der Waals surface area contributed by atoms with Gasteiger partial charge in [-0.05, 0) is 68.4 Å². The Labute approximate surface area is 191 Å². The van der Waals surface area contributed by atoms with E-state index in [1.807, 2.05) is 30.3 Å². The first kappa shape index (κ1) is 21.7. The predicted octanol–water partition coefficient (Wildman–Crippen LogP) is 5.67. The van der Waals surface area contributed by atoms with Crippen molar-refractivity contribution in [2.75, 3.05) is 16.8 Å². The van der Waals surface area contributed by atoms with Crippen LogP contribution < -0.4 is 19.7 Å². The third-order valence-electron chi connectivity index (χ3n) is 5.02. The Hall–Kier alpha value is -3.51. The molecule has 3 aromatic carbocycles. The molecule has 7 heteroatoms. The smallest absolute Gasteiger partial charge is 0.270 e. The minimum absolute atomic E-state index is 0.121. The number of nitrogens with one attached hydrogen (secondary N) is 1. The van der Waals surface area contributed by atoms with Crippen molar-refractivity contribution in [1.29, 1.82) is 0 Å². The second-order valence-electron chi connectivity index (χ2n) is 7.92. The summed E-state index contributed by atoms with van der Waals surface area (Å²) in [5.74, 6) is 1.55. The molecular weight excluding hydrogens is 428 g/mol. The standard InChI is InChI=1S/C25H23ClN2O4/c1-25(2)24(30)28(21-16-17(26)8-13-22(21)32-25)15-14-23(29)27-18-9-11-20(12-10-18)31-19-6-4-3-5-7-19/h3-13,16H,14-15H2,1-2H3,(H,27,29). The Kier molecular flexibility index (Phi) is 6.06. The Balaban J connectivity index is 1.38. The molecule has 0 saturated carbocycles. The average Bonchev–Trinajstić information content (AvgIpc) is 2.77. The normalized spacial score (nSPS) is 14.3. The summed E-state index contributed by atoms with van der Waals surface area (Å²) in [7, 11) is 0. The van der Waals surface area contributed by atoms with Gasteiger partial charge in [-0.3, -0.25) is 9.59 Å². The lowest BCUT2D eigenvalue weighted by Gasteiger charge is -2.38. The van der Waals surface area contributed by atoms with Crippen LogP contribution in [-0.4, -0.2) is 24.0 Å². The van der Waals surface area contributed by atoms with Crippen LogP contribution in [0.25, 0.3) is 0 Å². The highest BCUT2D eigenvalue weighted by molar-refractivity contribution is 6.31. The van der Waals surface area contributed by atoms with E-state index in [1.165, 1.54) is 0 Å². The molecule has 0 unspecified atom stereocenters. The number of para-hydroxylation sites is 1. The van der Waals surface area contributed by atoms with Gasteiger partial charge >= 0.3 is 0 Å². The van der Waals surface area contributed by atoms with Gasteiger partial charge in [-0.25, -0.2) is 0 Å². The highest BCUT2D eigenvalue weighted by Gasteiger charge is 2.40. The maximum Gasteiger partial charge on any atom is 0.270 e. The molecule has 0 radical (unpaired) electrons. The van der Waals surface area contributed by atoms with Crippen molar-refractivity contribution in [2.45, 2.75) is 25.9 Å². The molecule has 1 aliphatic rings. The molecule has 6 nitrogen and oxygen atoms in total. The number of fused-ring (bicyclic) bond motifs is 1. The summed E-state index contributed by atoms with van der Waals surface area (Å²) in [6.45, 7) is 3.62. The summed E-state index contributed by atoms with van der Waals surface area (Å²) < 4.78 is 11.6. The van der Waals surface area contributed by atoms with Crippen molar-refractivity contribution in [1.82, 2.24) is 0 Å². The molecule has 0 saturated heterocycles. The topological polar surface area (TPSA) is 67.9 Å².